The van der Waals surface area contributed by atoms with Gasteiger partial charge in [0.25, 0.3) is 0 Å². The average molecular weight is 476 g/mol. The zero-order valence-electron chi connectivity index (χ0n) is 21.0. The lowest BCUT2D eigenvalue weighted by Gasteiger charge is -2.37. The molecule has 0 aliphatic heterocycles. The first-order valence-electron chi connectivity index (χ1n) is 12.3. The Balaban J connectivity index is 1.59. The second kappa shape index (κ2) is 8.00. The molecule has 2 aromatic heterocycles. The van der Waals surface area contributed by atoms with Gasteiger partial charge in [-0.1, -0.05) is 40.7 Å². The highest BCUT2D eigenvalue weighted by atomic mass is 19.1. The van der Waals surface area contributed by atoms with Gasteiger partial charge in [-0.05, 0) is 71.9 Å². The molecule has 2 atom stereocenters. The summed E-state index contributed by atoms with van der Waals surface area (Å²) in [5.41, 5.74) is 2.66. The lowest BCUT2D eigenvalue weighted by Crippen LogP contribution is -2.38. The first-order valence-corrected chi connectivity index (χ1v) is 12.3. The predicted molar refractivity (Wildman–Crippen MR) is 131 cm³/mol. The summed E-state index contributed by atoms with van der Waals surface area (Å²) in [6, 6.07) is 9.33. The first-order chi connectivity index (χ1) is 16.5. The van der Waals surface area contributed by atoms with Gasteiger partial charge in [0.15, 0.2) is 5.78 Å². The van der Waals surface area contributed by atoms with Gasteiger partial charge in [-0.25, -0.2) is 8.78 Å². The number of benzene rings is 1. The molecule has 2 bridgehead atoms. The summed E-state index contributed by atoms with van der Waals surface area (Å²) in [6.45, 7) is 10.8. The molecular formula is C29H31F2N3O. The van der Waals surface area contributed by atoms with E-state index in [9.17, 15) is 13.6 Å². The van der Waals surface area contributed by atoms with Crippen LogP contribution in [0.3, 0.4) is 0 Å². The van der Waals surface area contributed by atoms with Crippen molar-refractivity contribution >= 4 is 5.78 Å². The molecule has 0 unspecified atom stereocenters. The highest BCUT2D eigenvalue weighted by molar-refractivity contribution is 5.96. The largest absolute Gasteiger partial charge is 0.294 e. The van der Waals surface area contributed by atoms with Crippen molar-refractivity contribution < 1.29 is 13.6 Å². The summed E-state index contributed by atoms with van der Waals surface area (Å²) in [4.78, 5) is 17.8. The third kappa shape index (κ3) is 3.60. The fourth-order valence-corrected chi connectivity index (χ4v) is 6.23. The van der Waals surface area contributed by atoms with Crippen molar-refractivity contribution in [2.45, 2.75) is 71.6 Å². The summed E-state index contributed by atoms with van der Waals surface area (Å²) < 4.78 is 29.0. The number of nitrogens with zero attached hydrogens (tertiary/aromatic N) is 3. The number of carbonyl (C=O) groups excluding carboxylic acids is 1. The zero-order valence-corrected chi connectivity index (χ0v) is 21.0. The fraction of sp³-hybridized carbons (Fsp3) is 0.448. The van der Waals surface area contributed by atoms with E-state index < -0.39 is 17.0 Å². The molecule has 6 heteroatoms. The van der Waals surface area contributed by atoms with E-state index in [0.717, 1.165) is 36.2 Å². The summed E-state index contributed by atoms with van der Waals surface area (Å²) in [7, 11) is 0. The third-order valence-electron chi connectivity index (χ3n) is 8.22. The topological polar surface area (TPSA) is 55.7 Å². The van der Waals surface area contributed by atoms with E-state index in [-0.39, 0.29) is 33.8 Å². The lowest BCUT2D eigenvalue weighted by atomic mass is 9.66. The average Bonchev–Trinajstić information content (AvgIpc) is 3.18. The van der Waals surface area contributed by atoms with Crippen LogP contribution in [0.25, 0.3) is 11.3 Å². The second-order valence-corrected chi connectivity index (χ2v) is 11.8. The summed E-state index contributed by atoms with van der Waals surface area (Å²) in [5.74, 6) is -1.04. The van der Waals surface area contributed by atoms with Crippen LogP contribution in [0.2, 0.25) is 0 Å². The van der Waals surface area contributed by atoms with Crippen LogP contribution in [-0.4, -0.2) is 21.0 Å². The van der Waals surface area contributed by atoms with Crippen molar-refractivity contribution in [2.75, 3.05) is 0 Å². The molecule has 1 aromatic carbocycles. The number of aromatic nitrogens is 3. The summed E-state index contributed by atoms with van der Waals surface area (Å²) >= 11 is 0. The number of carbonyl (C=O) groups is 1. The molecule has 1 saturated carbocycles. The van der Waals surface area contributed by atoms with Gasteiger partial charge in [-0.15, -0.1) is 5.10 Å². The smallest absolute Gasteiger partial charge is 0.163 e. The molecular weight excluding hydrogens is 444 g/mol. The molecule has 0 amide bonds. The monoisotopic (exact) mass is 475 g/mol. The van der Waals surface area contributed by atoms with Crippen molar-refractivity contribution in [1.29, 1.82) is 0 Å². The van der Waals surface area contributed by atoms with Gasteiger partial charge in [-0.2, -0.15) is 5.10 Å². The van der Waals surface area contributed by atoms with Gasteiger partial charge in [-0.3, -0.25) is 9.78 Å². The highest BCUT2D eigenvalue weighted by Crippen LogP contribution is 2.69. The van der Waals surface area contributed by atoms with Crippen molar-refractivity contribution in [3.8, 4) is 11.3 Å². The molecule has 35 heavy (non-hydrogen) atoms. The summed E-state index contributed by atoms with van der Waals surface area (Å²) in [5, 5.41) is 8.87. The van der Waals surface area contributed by atoms with Crippen molar-refractivity contribution in [3.05, 3.63) is 76.7 Å². The molecule has 5 rings (SSSR count). The van der Waals surface area contributed by atoms with Crippen LogP contribution < -0.4 is 0 Å². The van der Waals surface area contributed by atoms with Crippen LogP contribution in [0, 0.1) is 22.5 Å². The van der Waals surface area contributed by atoms with E-state index in [4.69, 9.17) is 4.98 Å². The normalized spacial score (nSPS) is 22.3. The Kier molecular flexibility index (Phi) is 5.42. The quantitative estimate of drug-likeness (QED) is 0.372. The summed E-state index contributed by atoms with van der Waals surface area (Å²) in [6.07, 6.45) is 4.76. The molecule has 2 heterocycles. The number of Topliss-reactive ketones (excluding diaryl/α,β-unsaturated/α-hetero) is 1. The second-order valence-electron chi connectivity index (χ2n) is 11.8. The minimum Gasteiger partial charge on any atom is -0.294 e. The van der Waals surface area contributed by atoms with Crippen molar-refractivity contribution in [1.82, 2.24) is 15.2 Å². The standard InChI is InChI=1S/C29H31F2N3O/c1-27(2,3)12-10-23(35)17-11-14-32-24(15-17)29-13-9-19(28(29,4)5)18-16-22(33-34-26(18)29)25-20(30)7-6-8-21(25)31/h6-8,11,14-16,19H,9-10,12-13H2,1-5H3/t19-,29-/m0/s1. The van der Waals surface area contributed by atoms with E-state index in [0.29, 0.717) is 12.0 Å². The van der Waals surface area contributed by atoms with Gasteiger partial charge in [0.1, 0.15) is 11.6 Å². The molecule has 4 nitrogen and oxygen atoms in total. The maximum atomic E-state index is 14.5. The fourth-order valence-electron chi connectivity index (χ4n) is 6.23. The highest BCUT2D eigenvalue weighted by Gasteiger charge is 2.65. The molecule has 0 saturated heterocycles. The van der Waals surface area contributed by atoms with Gasteiger partial charge < -0.3 is 0 Å². The Labute approximate surface area is 205 Å². The van der Waals surface area contributed by atoms with Gasteiger partial charge in [0.05, 0.1) is 28.1 Å². The maximum absolute atomic E-state index is 14.5. The molecule has 1 fully saturated rings. The van der Waals surface area contributed by atoms with Gasteiger partial charge >= 0.3 is 0 Å². The van der Waals surface area contributed by atoms with Crippen LogP contribution >= 0.6 is 0 Å². The number of fused-ring (bicyclic) bond motifs is 5. The Morgan fingerprint density at radius 2 is 1.80 bits per heavy atom. The van der Waals surface area contributed by atoms with Gasteiger partial charge in [0, 0.05) is 18.2 Å². The lowest BCUT2D eigenvalue weighted by molar-refractivity contribution is 0.0965. The molecule has 2 aliphatic carbocycles. The number of pyridine rings is 1. The van der Waals surface area contributed by atoms with Crippen molar-refractivity contribution in [3.63, 3.8) is 0 Å². The van der Waals surface area contributed by atoms with E-state index in [1.54, 1.807) is 18.3 Å². The Hall–Kier alpha value is -3.02. The maximum Gasteiger partial charge on any atom is 0.163 e. The van der Waals surface area contributed by atoms with Crippen molar-refractivity contribution in [2.24, 2.45) is 10.8 Å². The van der Waals surface area contributed by atoms with E-state index >= 15 is 0 Å². The van der Waals surface area contributed by atoms with Crippen LogP contribution in [0.1, 0.15) is 93.5 Å². The third-order valence-corrected chi connectivity index (χ3v) is 8.22. The van der Waals surface area contributed by atoms with Crippen LogP contribution in [-0.2, 0) is 5.41 Å². The Morgan fingerprint density at radius 1 is 1.09 bits per heavy atom. The molecule has 3 aromatic rings. The number of rotatable bonds is 5. The SMILES string of the molecule is CC(C)(C)CCC(=O)c1ccnc([C@@]23CC[C@@H](c4cc(-c5c(F)cccc5F)nnc42)C3(C)C)c1. The number of halogens is 2. The molecule has 0 N–H and O–H groups in total. The Morgan fingerprint density at radius 3 is 2.49 bits per heavy atom. The minimum absolute atomic E-state index is 0.0836. The van der Waals surface area contributed by atoms with Crippen LogP contribution in [0.15, 0.2) is 42.6 Å². The molecule has 0 spiro atoms. The van der Waals surface area contributed by atoms with E-state index in [1.807, 2.05) is 6.07 Å². The number of hydrogen-bond acceptors (Lipinski definition) is 4. The van der Waals surface area contributed by atoms with Crippen LogP contribution in [0.5, 0.6) is 0 Å². The predicted octanol–water partition coefficient (Wildman–Crippen LogP) is 7.03. The van der Waals surface area contributed by atoms with Crippen LogP contribution in [0.4, 0.5) is 8.78 Å². The zero-order chi connectivity index (χ0) is 25.2. The molecule has 2 aliphatic rings. The Bertz CT molecular complexity index is 1310. The molecule has 0 radical (unpaired) electrons. The minimum atomic E-state index is -0.653. The van der Waals surface area contributed by atoms with E-state index in [1.165, 1.54) is 18.2 Å². The van der Waals surface area contributed by atoms with Gasteiger partial charge in [0.2, 0.25) is 0 Å². The first kappa shape index (κ1) is 23.7. The number of ketones is 1. The van der Waals surface area contributed by atoms with E-state index in [2.05, 4.69) is 44.8 Å². The molecule has 182 valence electrons. The number of hydrogen-bond donors (Lipinski definition) is 0.